The van der Waals surface area contributed by atoms with Crippen molar-refractivity contribution in [2.24, 2.45) is 0 Å². The van der Waals surface area contributed by atoms with E-state index in [1.165, 1.54) is 0 Å². The van der Waals surface area contributed by atoms with Gasteiger partial charge in [0.05, 0.1) is 0 Å². The molecule has 0 amide bonds. The van der Waals surface area contributed by atoms with Crippen molar-refractivity contribution in [3.8, 4) is 23.0 Å². The van der Waals surface area contributed by atoms with E-state index in [4.69, 9.17) is 9.47 Å². The minimum atomic E-state index is -4.71. The molecule has 1 heterocycles. The van der Waals surface area contributed by atoms with E-state index in [1.54, 1.807) is 18.2 Å². The fourth-order valence-electron chi connectivity index (χ4n) is 1.86. The molecule has 0 fully saturated rings. The van der Waals surface area contributed by atoms with Crippen LogP contribution in [0.4, 0.5) is 13.2 Å². The Kier molecular flexibility index (Phi) is 4.73. The summed E-state index contributed by atoms with van der Waals surface area (Å²) >= 11 is 0. The van der Waals surface area contributed by atoms with Crippen molar-refractivity contribution in [3.63, 3.8) is 0 Å². The van der Waals surface area contributed by atoms with Crippen LogP contribution < -0.4 is 9.47 Å². The van der Waals surface area contributed by atoms with Crippen LogP contribution in [0.15, 0.2) is 18.2 Å². The lowest BCUT2D eigenvalue weighted by Crippen LogP contribution is -2.26. The van der Waals surface area contributed by atoms with E-state index in [0.717, 1.165) is 0 Å². The predicted molar refractivity (Wildman–Crippen MR) is 78.3 cm³/mol. The average molecular weight is 330 g/mol. The summed E-state index contributed by atoms with van der Waals surface area (Å²) in [7, 11) is -1.78. The molecule has 0 saturated carbocycles. The van der Waals surface area contributed by atoms with Gasteiger partial charge in [0.2, 0.25) is 6.79 Å². The van der Waals surface area contributed by atoms with Crippen LogP contribution in [0.3, 0.4) is 0 Å². The first-order valence-corrected chi connectivity index (χ1v) is 10.3. The number of fused-ring (bicyclic) bond motifs is 1. The van der Waals surface area contributed by atoms with Crippen LogP contribution in [0, 0.1) is 11.5 Å². The molecule has 0 spiro atoms. The third-order valence-corrected chi connectivity index (χ3v) is 3.64. The molecule has 1 aromatic rings. The number of ether oxygens (including phenoxy) is 3. The molecule has 3 nitrogen and oxygen atoms in total. The van der Waals surface area contributed by atoms with E-state index >= 15 is 0 Å². The van der Waals surface area contributed by atoms with Gasteiger partial charge in [0, 0.05) is 6.42 Å². The average Bonchev–Trinajstić information content (AvgIpc) is 2.80. The monoisotopic (exact) mass is 330 g/mol. The van der Waals surface area contributed by atoms with Crippen LogP contribution in [-0.2, 0) is 11.2 Å². The Balaban J connectivity index is 2.16. The van der Waals surface area contributed by atoms with Crippen LogP contribution >= 0.6 is 0 Å². The molecule has 1 aromatic carbocycles. The summed E-state index contributed by atoms with van der Waals surface area (Å²) in [6.07, 6.45) is -5.91. The summed E-state index contributed by atoms with van der Waals surface area (Å²) in [4.78, 5) is 0. The molecule has 120 valence electrons. The van der Waals surface area contributed by atoms with Crippen LogP contribution in [0.2, 0.25) is 19.6 Å². The highest BCUT2D eigenvalue weighted by atomic mass is 28.3. The van der Waals surface area contributed by atoms with Crippen molar-refractivity contribution >= 4 is 8.07 Å². The fourth-order valence-corrected chi connectivity index (χ4v) is 2.46. The van der Waals surface area contributed by atoms with Crippen molar-refractivity contribution in [1.29, 1.82) is 0 Å². The Labute approximate surface area is 128 Å². The summed E-state index contributed by atoms with van der Waals surface area (Å²) in [5, 5.41) is 0. The van der Waals surface area contributed by atoms with Gasteiger partial charge in [-0.1, -0.05) is 31.6 Å². The number of rotatable bonds is 3. The van der Waals surface area contributed by atoms with Crippen LogP contribution in [0.5, 0.6) is 11.5 Å². The maximum absolute atomic E-state index is 12.5. The second-order valence-corrected chi connectivity index (χ2v) is 10.7. The Morgan fingerprint density at radius 2 is 1.91 bits per heavy atom. The van der Waals surface area contributed by atoms with E-state index in [9.17, 15) is 13.2 Å². The van der Waals surface area contributed by atoms with E-state index in [2.05, 4.69) is 16.2 Å². The van der Waals surface area contributed by atoms with Gasteiger partial charge in [0.25, 0.3) is 0 Å². The molecule has 22 heavy (non-hydrogen) atoms. The molecule has 0 bridgehead atoms. The zero-order chi connectivity index (χ0) is 16.4. The SMILES string of the molecule is C[Si](C)(C)C#C[C@H](Cc1ccc2c(c1)OCO2)OC(F)(F)F. The highest BCUT2D eigenvalue weighted by Crippen LogP contribution is 2.33. The topological polar surface area (TPSA) is 27.7 Å². The molecule has 0 aromatic heterocycles. The molecule has 2 rings (SSSR count). The quantitative estimate of drug-likeness (QED) is 0.624. The maximum Gasteiger partial charge on any atom is 0.523 e. The smallest absolute Gasteiger partial charge is 0.454 e. The van der Waals surface area contributed by atoms with Gasteiger partial charge < -0.3 is 9.47 Å². The first-order valence-electron chi connectivity index (χ1n) is 6.78. The summed E-state index contributed by atoms with van der Waals surface area (Å²) in [6.45, 7) is 6.01. The Morgan fingerprint density at radius 3 is 2.55 bits per heavy atom. The first-order chi connectivity index (χ1) is 10.1. The lowest BCUT2D eigenvalue weighted by molar-refractivity contribution is -0.334. The van der Waals surface area contributed by atoms with Gasteiger partial charge in [-0.3, -0.25) is 4.74 Å². The van der Waals surface area contributed by atoms with Crippen LogP contribution in [0.25, 0.3) is 0 Å². The van der Waals surface area contributed by atoms with E-state index < -0.39 is 20.5 Å². The molecule has 0 radical (unpaired) electrons. The molecule has 1 atom stereocenters. The number of hydrogen-bond donors (Lipinski definition) is 0. The molecule has 7 heteroatoms. The summed E-state index contributed by atoms with van der Waals surface area (Å²) in [6, 6.07) is 5.02. The normalized spacial score (nSPS) is 15.2. The molecular formula is C15H17F3O3Si. The maximum atomic E-state index is 12.5. The van der Waals surface area contributed by atoms with E-state index in [-0.39, 0.29) is 13.2 Å². The number of hydrogen-bond acceptors (Lipinski definition) is 3. The number of benzene rings is 1. The zero-order valence-electron chi connectivity index (χ0n) is 12.6. The number of alkyl halides is 3. The van der Waals surface area contributed by atoms with Crippen molar-refractivity contribution in [1.82, 2.24) is 0 Å². The highest BCUT2D eigenvalue weighted by molar-refractivity contribution is 6.83. The second-order valence-electron chi connectivity index (χ2n) is 5.96. The van der Waals surface area contributed by atoms with Gasteiger partial charge in [-0.25, -0.2) is 0 Å². The number of halogens is 3. The van der Waals surface area contributed by atoms with Crippen LogP contribution in [0.1, 0.15) is 5.56 Å². The molecule has 0 unspecified atom stereocenters. The van der Waals surface area contributed by atoms with Crippen molar-refractivity contribution in [3.05, 3.63) is 23.8 Å². The molecular weight excluding hydrogens is 313 g/mol. The van der Waals surface area contributed by atoms with Gasteiger partial charge in [0.15, 0.2) is 11.5 Å². The summed E-state index contributed by atoms with van der Waals surface area (Å²) in [5.41, 5.74) is 3.58. The van der Waals surface area contributed by atoms with Crippen LogP contribution in [-0.4, -0.2) is 27.3 Å². The summed E-state index contributed by atoms with van der Waals surface area (Å²) < 4.78 is 52.1. The van der Waals surface area contributed by atoms with Gasteiger partial charge in [-0.2, -0.15) is 0 Å². The largest absolute Gasteiger partial charge is 0.523 e. The fraction of sp³-hybridized carbons (Fsp3) is 0.467. The Bertz CT molecular complexity index is 597. The minimum absolute atomic E-state index is 0.0353. The van der Waals surface area contributed by atoms with E-state index in [1.807, 2.05) is 19.6 Å². The molecule has 1 aliphatic rings. The van der Waals surface area contributed by atoms with Gasteiger partial charge >= 0.3 is 6.36 Å². The standard InChI is InChI=1S/C15H17F3O3Si/c1-22(2,3)7-6-12(21-15(16,17)18)8-11-4-5-13-14(9-11)20-10-19-13/h4-5,9,12H,8,10H2,1-3H3/t12-/m1/s1. The third-order valence-electron chi connectivity index (χ3n) is 2.74. The van der Waals surface area contributed by atoms with Gasteiger partial charge in [-0.15, -0.1) is 18.7 Å². The minimum Gasteiger partial charge on any atom is -0.454 e. The lowest BCUT2D eigenvalue weighted by atomic mass is 10.1. The van der Waals surface area contributed by atoms with Crippen molar-refractivity contribution < 1.29 is 27.4 Å². The zero-order valence-corrected chi connectivity index (χ0v) is 13.6. The predicted octanol–water partition coefficient (Wildman–Crippen LogP) is 3.74. The Hall–Kier alpha value is -1.65. The van der Waals surface area contributed by atoms with Crippen molar-refractivity contribution in [2.75, 3.05) is 6.79 Å². The third kappa shape index (κ3) is 5.28. The highest BCUT2D eigenvalue weighted by Gasteiger charge is 2.33. The van der Waals surface area contributed by atoms with Gasteiger partial charge in [-0.05, 0) is 17.7 Å². The van der Waals surface area contributed by atoms with Crippen molar-refractivity contribution in [2.45, 2.75) is 38.5 Å². The van der Waals surface area contributed by atoms with Gasteiger partial charge in [0.1, 0.15) is 14.2 Å². The molecule has 1 aliphatic heterocycles. The summed E-state index contributed by atoms with van der Waals surface area (Å²) in [5.74, 6) is 3.75. The second kappa shape index (κ2) is 6.22. The molecule has 0 saturated heterocycles. The first kappa shape index (κ1) is 16.7. The molecule has 0 N–H and O–H groups in total. The van der Waals surface area contributed by atoms with E-state index in [0.29, 0.717) is 17.1 Å². The Morgan fingerprint density at radius 1 is 1.23 bits per heavy atom. The lowest BCUT2D eigenvalue weighted by Gasteiger charge is -2.15. The molecule has 0 aliphatic carbocycles.